The Bertz CT molecular complexity index is 1580. The maximum atomic E-state index is 14.2. The number of carboxylic acids is 1. The minimum atomic E-state index is -1.23. The highest BCUT2D eigenvalue weighted by Gasteiger charge is 2.23. The molecule has 0 unspecified atom stereocenters. The second-order valence-corrected chi connectivity index (χ2v) is 12.6. The fraction of sp³-hybridized carbons (Fsp3) is 0.278. The van der Waals surface area contributed by atoms with Gasteiger partial charge in [0.15, 0.2) is 0 Å². The predicted molar refractivity (Wildman–Crippen MR) is 177 cm³/mol. The van der Waals surface area contributed by atoms with Crippen molar-refractivity contribution in [1.82, 2.24) is 4.31 Å². The number of nitrogens with zero attached hydrogens (tertiary/aromatic N) is 2. The van der Waals surface area contributed by atoms with Gasteiger partial charge >= 0.3 is 5.97 Å². The van der Waals surface area contributed by atoms with Crippen molar-refractivity contribution < 1.29 is 19.8 Å². The summed E-state index contributed by atoms with van der Waals surface area (Å²) in [5.74, 6) is -1.23. The zero-order chi connectivity index (χ0) is 31.1. The van der Waals surface area contributed by atoms with Crippen molar-refractivity contribution in [2.45, 2.75) is 62.9 Å². The van der Waals surface area contributed by atoms with Crippen LogP contribution in [-0.2, 0) is 17.9 Å². The molecule has 8 heteroatoms. The van der Waals surface area contributed by atoms with E-state index in [4.69, 9.17) is 5.73 Å². The highest BCUT2D eigenvalue weighted by atomic mass is 32.2. The average molecular weight is 610 g/mol. The second-order valence-electron chi connectivity index (χ2n) is 11.5. The lowest BCUT2D eigenvalue weighted by molar-refractivity contribution is -0.118. The number of carboxylic acid groups (broad SMARTS) is 1. The number of para-hydroxylation sites is 1. The van der Waals surface area contributed by atoms with E-state index in [1.54, 1.807) is 11.0 Å². The Morgan fingerprint density at radius 2 is 1.59 bits per heavy atom. The monoisotopic (exact) mass is 609 g/mol. The van der Waals surface area contributed by atoms with Gasteiger partial charge in [-0.3, -0.25) is 4.79 Å². The van der Waals surface area contributed by atoms with Gasteiger partial charge in [0.05, 0.1) is 13.1 Å². The smallest absolute Gasteiger partial charge is 0.339 e. The van der Waals surface area contributed by atoms with Crippen LogP contribution in [0.15, 0.2) is 95.9 Å². The van der Waals surface area contributed by atoms with E-state index < -0.39 is 5.97 Å². The minimum absolute atomic E-state index is 0.0501. The van der Waals surface area contributed by atoms with Crippen LogP contribution in [0.3, 0.4) is 0 Å². The van der Waals surface area contributed by atoms with Crippen LogP contribution in [0.2, 0.25) is 0 Å². The van der Waals surface area contributed by atoms with E-state index in [2.05, 4.69) is 24.3 Å². The Balaban J connectivity index is 1.43. The van der Waals surface area contributed by atoms with Gasteiger partial charge in [-0.1, -0.05) is 79.4 Å². The molecule has 0 aromatic heterocycles. The highest BCUT2D eigenvalue weighted by Crippen LogP contribution is 2.33. The van der Waals surface area contributed by atoms with Gasteiger partial charge in [-0.2, -0.15) is 0 Å². The van der Waals surface area contributed by atoms with Crippen molar-refractivity contribution in [3.63, 3.8) is 0 Å². The molecule has 1 fully saturated rings. The van der Waals surface area contributed by atoms with E-state index in [1.807, 2.05) is 59.8 Å². The number of hydrogen-bond acceptors (Lipinski definition) is 6. The summed E-state index contributed by atoms with van der Waals surface area (Å²) < 4.78 is 1.98. The Morgan fingerprint density at radius 1 is 0.886 bits per heavy atom. The van der Waals surface area contributed by atoms with Crippen LogP contribution in [0, 0.1) is 6.92 Å². The summed E-state index contributed by atoms with van der Waals surface area (Å²) in [6.07, 6.45) is 6.24. The van der Waals surface area contributed by atoms with Crippen LogP contribution in [0.4, 0.5) is 11.4 Å². The van der Waals surface area contributed by atoms with Crippen LogP contribution in [0.5, 0.6) is 5.75 Å². The Kier molecular flexibility index (Phi) is 10.2. The van der Waals surface area contributed by atoms with Gasteiger partial charge in [0.1, 0.15) is 11.3 Å². The van der Waals surface area contributed by atoms with Crippen molar-refractivity contribution in [2.24, 2.45) is 0 Å². The van der Waals surface area contributed by atoms with Gasteiger partial charge in [0, 0.05) is 28.9 Å². The van der Waals surface area contributed by atoms with E-state index >= 15 is 0 Å². The first kappa shape index (κ1) is 31.2. The first-order valence-corrected chi connectivity index (χ1v) is 15.8. The third kappa shape index (κ3) is 8.01. The molecule has 1 amide bonds. The summed E-state index contributed by atoms with van der Waals surface area (Å²) in [5, 5.41) is 20.0. The number of amides is 1. The quantitative estimate of drug-likeness (QED) is 0.118. The van der Waals surface area contributed by atoms with E-state index in [1.165, 1.54) is 61.7 Å². The van der Waals surface area contributed by atoms with Gasteiger partial charge in [0.25, 0.3) is 0 Å². The Morgan fingerprint density at radius 3 is 2.25 bits per heavy atom. The Hall–Kier alpha value is -4.27. The summed E-state index contributed by atoms with van der Waals surface area (Å²) in [6, 6.07) is 28.5. The molecule has 4 aromatic carbocycles. The number of aromatic hydroxyl groups is 1. The SMILES string of the molecule is Cc1ccc(SN(CC(=O)N(Cc2ccc(C3CCCCC3)cc2)c2ccc(C(=O)O)c(O)c2)Cc2ccccc2N)cc1. The zero-order valence-electron chi connectivity index (χ0n) is 25.0. The van der Waals surface area contributed by atoms with Crippen molar-refractivity contribution >= 4 is 35.2 Å². The van der Waals surface area contributed by atoms with E-state index in [0.29, 0.717) is 23.8 Å². The molecule has 0 atom stereocenters. The summed E-state index contributed by atoms with van der Waals surface area (Å²) in [6.45, 7) is 2.79. The molecule has 1 aliphatic carbocycles. The van der Waals surface area contributed by atoms with Gasteiger partial charge in [0.2, 0.25) is 5.91 Å². The molecule has 0 radical (unpaired) electrons. The molecule has 4 N–H and O–H groups in total. The summed E-state index contributed by atoms with van der Waals surface area (Å²) in [7, 11) is 0. The van der Waals surface area contributed by atoms with E-state index in [9.17, 15) is 19.8 Å². The topological polar surface area (TPSA) is 107 Å². The van der Waals surface area contributed by atoms with Gasteiger partial charge in [-0.15, -0.1) is 0 Å². The number of carbonyl (C=O) groups excluding carboxylic acids is 1. The molecule has 0 spiro atoms. The van der Waals surface area contributed by atoms with Crippen LogP contribution >= 0.6 is 11.9 Å². The summed E-state index contributed by atoms with van der Waals surface area (Å²) >= 11 is 1.48. The molecule has 0 aliphatic heterocycles. The van der Waals surface area contributed by atoms with E-state index in [0.717, 1.165) is 21.6 Å². The number of phenols is 1. The van der Waals surface area contributed by atoms with Crippen LogP contribution < -0.4 is 10.6 Å². The standard InChI is InChI=1S/C36H39N3O4S/c1-25-11-18-31(19-12-25)44-38(23-29-9-5-6-10-33(29)37)24-35(41)39(30-17-20-32(36(42)43)34(40)21-30)22-26-13-15-28(16-14-26)27-7-3-2-4-8-27/h5-6,9-21,27,40H,2-4,7-8,22-24,37H2,1H3,(H,42,43). The lowest BCUT2D eigenvalue weighted by Crippen LogP contribution is -2.38. The fourth-order valence-corrected chi connectivity index (χ4v) is 6.61. The lowest BCUT2D eigenvalue weighted by atomic mass is 9.84. The van der Waals surface area contributed by atoms with Gasteiger partial charge < -0.3 is 20.8 Å². The molecule has 0 saturated heterocycles. The number of rotatable bonds is 11. The van der Waals surface area contributed by atoms with Crippen LogP contribution in [-0.4, -0.2) is 32.9 Å². The molecule has 1 saturated carbocycles. The van der Waals surface area contributed by atoms with Crippen LogP contribution in [0.25, 0.3) is 0 Å². The van der Waals surface area contributed by atoms with Crippen molar-refractivity contribution in [1.29, 1.82) is 0 Å². The third-order valence-electron chi connectivity index (χ3n) is 8.19. The summed E-state index contributed by atoms with van der Waals surface area (Å²) in [5.41, 5.74) is 11.5. The average Bonchev–Trinajstić information content (AvgIpc) is 3.02. The first-order chi connectivity index (χ1) is 21.3. The molecule has 44 heavy (non-hydrogen) atoms. The number of aromatic carboxylic acids is 1. The number of benzene rings is 4. The fourth-order valence-electron chi connectivity index (χ4n) is 5.68. The van der Waals surface area contributed by atoms with Crippen LogP contribution in [0.1, 0.15) is 70.6 Å². The van der Waals surface area contributed by atoms with E-state index in [-0.39, 0.29) is 30.3 Å². The van der Waals surface area contributed by atoms with Crippen molar-refractivity contribution in [3.8, 4) is 5.75 Å². The van der Waals surface area contributed by atoms with Crippen molar-refractivity contribution in [2.75, 3.05) is 17.2 Å². The molecule has 7 nitrogen and oxygen atoms in total. The van der Waals surface area contributed by atoms with Gasteiger partial charge in [-0.05, 0) is 84.7 Å². The normalized spacial score (nSPS) is 13.6. The molecule has 4 aromatic rings. The Labute approximate surface area is 263 Å². The number of nitrogens with two attached hydrogens (primary N) is 1. The number of aryl methyl sites for hydroxylation is 1. The number of anilines is 2. The van der Waals surface area contributed by atoms with Crippen molar-refractivity contribution in [3.05, 3.63) is 119 Å². The van der Waals surface area contributed by atoms with Gasteiger partial charge in [-0.25, -0.2) is 9.10 Å². The molecular formula is C36H39N3O4S. The predicted octanol–water partition coefficient (Wildman–Crippen LogP) is 7.77. The molecule has 0 bridgehead atoms. The summed E-state index contributed by atoms with van der Waals surface area (Å²) in [4.78, 5) is 28.3. The first-order valence-electron chi connectivity index (χ1n) is 15.1. The minimum Gasteiger partial charge on any atom is -0.507 e. The molecule has 5 rings (SSSR count). The molecule has 1 aliphatic rings. The lowest BCUT2D eigenvalue weighted by Gasteiger charge is -2.28. The number of hydrogen-bond donors (Lipinski definition) is 3. The maximum Gasteiger partial charge on any atom is 0.339 e. The number of carbonyl (C=O) groups is 2. The molecule has 228 valence electrons. The second kappa shape index (κ2) is 14.5. The highest BCUT2D eigenvalue weighted by molar-refractivity contribution is 7.97. The largest absolute Gasteiger partial charge is 0.507 e. The third-order valence-corrected chi connectivity index (χ3v) is 9.19. The molecule has 0 heterocycles. The maximum absolute atomic E-state index is 14.2. The molecular weight excluding hydrogens is 570 g/mol. The zero-order valence-corrected chi connectivity index (χ0v) is 25.8. The number of nitrogen functional groups attached to an aromatic ring is 1.